The zero-order valence-electron chi connectivity index (χ0n) is 29.8. The summed E-state index contributed by atoms with van der Waals surface area (Å²) in [4.78, 5) is 9.83. The van der Waals surface area contributed by atoms with Crippen LogP contribution in [0.1, 0.15) is 75.3 Å². The summed E-state index contributed by atoms with van der Waals surface area (Å²) in [6, 6.07) is 14.7. The molecule has 6 rings (SSSR count). The molecule has 0 amide bonds. The minimum absolute atomic E-state index is 0.208. The van der Waals surface area contributed by atoms with Crippen molar-refractivity contribution in [3.63, 3.8) is 0 Å². The average molecular weight is 685 g/mol. The standard InChI is InChI=1S/C20H31ClN2O.C20H31FN2O/c1-22-11-13-23(14-12-22)16-18-8-3-2-6-10-20(18,24)15-17-7-4-5-9-19(17)21;1-22-11-13-23(14-12-22)16-18-5-3-2-4-10-20(18,24)15-17-6-8-19(21)9-7-17/h4-5,7,9,18,24H,2-3,6,8,10-16H2,1H3;6-9,18,24H,2-5,10-16H2,1H3. The highest BCUT2D eigenvalue weighted by Gasteiger charge is 2.40. The number of likely N-dealkylation sites (N-methyl/N-ethyl adjacent to an activating group) is 2. The van der Waals surface area contributed by atoms with Crippen LogP contribution in [-0.4, -0.2) is 121 Å². The molecule has 2 aromatic carbocycles. The number of hydrogen-bond acceptors (Lipinski definition) is 6. The van der Waals surface area contributed by atoms with E-state index in [4.69, 9.17) is 11.6 Å². The molecular weight excluding hydrogens is 623 g/mol. The molecule has 0 aromatic heterocycles. The Kier molecular flexibility index (Phi) is 14.2. The molecule has 4 fully saturated rings. The van der Waals surface area contributed by atoms with E-state index in [0.29, 0.717) is 24.7 Å². The third-order valence-electron chi connectivity index (χ3n) is 11.9. The molecule has 268 valence electrons. The Bertz CT molecular complexity index is 1240. The minimum atomic E-state index is -0.655. The summed E-state index contributed by atoms with van der Waals surface area (Å²) >= 11 is 6.37. The highest BCUT2D eigenvalue weighted by Crippen LogP contribution is 2.38. The van der Waals surface area contributed by atoms with Crippen molar-refractivity contribution in [2.24, 2.45) is 11.8 Å². The lowest BCUT2D eigenvalue weighted by Gasteiger charge is -2.41. The van der Waals surface area contributed by atoms with Crippen LogP contribution in [0.2, 0.25) is 5.02 Å². The van der Waals surface area contributed by atoms with E-state index in [1.54, 1.807) is 0 Å². The molecule has 4 atom stereocenters. The molecule has 48 heavy (non-hydrogen) atoms. The van der Waals surface area contributed by atoms with Gasteiger partial charge in [-0.3, -0.25) is 0 Å². The molecule has 0 radical (unpaired) electrons. The molecule has 0 bridgehead atoms. The van der Waals surface area contributed by atoms with Gasteiger partial charge in [0, 0.05) is 95.1 Å². The minimum Gasteiger partial charge on any atom is -0.389 e. The molecule has 2 N–H and O–H groups in total. The predicted molar refractivity (Wildman–Crippen MR) is 196 cm³/mol. The van der Waals surface area contributed by atoms with Gasteiger partial charge in [-0.2, -0.15) is 0 Å². The number of benzene rings is 2. The fourth-order valence-electron chi connectivity index (χ4n) is 8.54. The van der Waals surface area contributed by atoms with Gasteiger partial charge in [0.15, 0.2) is 0 Å². The van der Waals surface area contributed by atoms with Crippen molar-refractivity contribution in [3.8, 4) is 0 Å². The van der Waals surface area contributed by atoms with E-state index in [2.05, 4.69) is 39.8 Å². The lowest BCUT2D eigenvalue weighted by atomic mass is 9.78. The average Bonchev–Trinajstić information content (AvgIpc) is 3.36. The molecule has 4 unspecified atom stereocenters. The van der Waals surface area contributed by atoms with Gasteiger partial charge < -0.3 is 29.8 Å². The Labute approximate surface area is 295 Å². The van der Waals surface area contributed by atoms with E-state index in [1.165, 1.54) is 37.8 Å². The normalized spacial score (nSPS) is 30.2. The Balaban J connectivity index is 0.000000188. The summed E-state index contributed by atoms with van der Waals surface area (Å²) in [6.45, 7) is 10.9. The molecule has 6 nitrogen and oxygen atoms in total. The van der Waals surface area contributed by atoms with Gasteiger partial charge >= 0.3 is 0 Å². The van der Waals surface area contributed by atoms with Crippen molar-refractivity contribution in [2.45, 2.75) is 88.3 Å². The van der Waals surface area contributed by atoms with Gasteiger partial charge in [-0.15, -0.1) is 0 Å². The second kappa shape index (κ2) is 18.1. The van der Waals surface area contributed by atoms with Gasteiger partial charge in [0.25, 0.3) is 0 Å². The van der Waals surface area contributed by atoms with Gasteiger partial charge in [-0.05, 0) is 69.1 Å². The number of halogens is 2. The molecule has 2 heterocycles. The molecule has 8 heteroatoms. The van der Waals surface area contributed by atoms with Crippen LogP contribution in [0.4, 0.5) is 4.39 Å². The van der Waals surface area contributed by atoms with Crippen LogP contribution in [-0.2, 0) is 12.8 Å². The third kappa shape index (κ3) is 11.0. The van der Waals surface area contributed by atoms with Gasteiger partial charge in [0.05, 0.1) is 11.2 Å². The first-order chi connectivity index (χ1) is 23.1. The number of rotatable bonds is 8. The van der Waals surface area contributed by atoms with Crippen molar-refractivity contribution in [1.29, 1.82) is 0 Å². The van der Waals surface area contributed by atoms with Crippen molar-refractivity contribution >= 4 is 11.6 Å². The van der Waals surface area contributed by atoms with Crippen LogP contribution < -0.4 is 0 Å². The highest BCUT2D eigenvalue weighted by molar-refractivity contribution is 6.31. The summed E-state index contributed by atoms with van der Waals surface area (Å²) in [7, 11) is 4.37. The Morgan fingerprint density at radius 2 is 1.12 bits per heavy atom. The van der Waals surface area contributed by atoms with Crippen LogP contribution in [0.3, 0.4) is 0 Å². The largest absolute Gasteiger partial charge is 0.389 e. The number of piperazine rings is 2. The van der Waals surface area contributed by atoms with E-state index < -0.39 is 11.2 Å². The van der Waals surface area contributed by atoms with Crippen LogP contribution in [0.15, 0.2) is 48.5 Å². The van der Waals surface area contributed by atoms with E-state index in [9.17, 15) is 14.6 Å². The Hall–Kier alpha value is -1.58. The zero-order valence-corrected chi connectivity index (χ0v) is 30.5. The Morgan fingerprint density at radius 3 is 1.62 bits per heavy atom. The van der Waals surface area contributed by atoms with Crippen molar-refractivity contribution in [1.82, 2.24) is 19.6 Å². The van der Waals surface area contributed by atoms with E-state index in [0.717, 1.165) is 120 Å². The van der Waals surface area contributed by atoms with E-state index in [-0.39, 0.29) is 5.82 Å². The van der Waals surface area contributed by atoms with Gasteiger partial charge in [-0.25, -0.2) is 4.39 Å². The molecule has 2 saturated carbocycles. The van der Waals surface area contributed by atoms with Crippen molar-refractivity contribution in [3.05, 3.63) is 70.5 Å². The maximum atomic E-state index is 13.2. The van der Waals surface area contributed by atoms with E-state index in [1.807, 2.05) is 30.3 Å². The quantitative estimate of drug-likeness (QED) is 0.316. The first-order valence-corrected chi connectivity index (χ1v) is 19.2. The summed E-state index contributed by atoms with van der Waals surface area (Å²) in [6.07, 6.45) is 12.5. The topological polar surface area (TPSA) is 53.4 Å². The van der Waals surface area contributed by atoms with Crippen LogP contribution in [0, 0.1) is 17.7 Å². The SMILES string of the molecule is CN1CCN(CC2CCCCCC2(O)Cc2ccc(F)cc2)CC1.CN1CCN(CC2CCCCCC2(O)Cc2ccccc2Cl)CC1. The number of aliphatic hydroxyl groups is 2. The molecule has 4 aliphatic rings. The Morgan fingerprint density at radius 1 is 0.646 bits per heavy atom. The highest BCUT2D eigenvalue weighted by atomic mass is 35.5. The summed E-state index contributed by atoms with van der Waals surface area (Å²) < 4.78 is 13.2. The zero-order chi connectivity index (χ0) is 34.0. The predicted octanol–water partition coefficient (Wildman–Crippen LogP) is 6.37. The molecule has 2 aliphatic heterocycles. The molecule has 2 saturated heterocycles. The van der Waals surface area contributed by atoms with E-state index >= 15 is 0 Å². The summed E-state index contributed by atoms with van der Waals surface area (Å²) in [5, 5.41) is 23.8. The maximum Gasteiger partial charge on any atom is 0.123 e. The van der Waals surface area contributed by atoms with Gasteiger partial charge in [0.2, 0.25) is 0 Å². The van der Waals surface area contributed by atoms with Gasteiger partial charge in [0.1, 0.15) is 5.82 Å². The van der Waals surface area contributed by atoms with Crippen molar-refractivity contribution in [2.75, 3.05) is 79.5 Å². The van der Waals surface area contributed by atoms with Gasteiger partial charge in [-0.1, -0.05) is 80.5 Å². The lowest BCUT2D eigenvalue weighted by Crippen LogP contribution is -2.50. The summed E-state index contributed by atoms with van der Waals surface area (Å²) in [5.74, 6) is 0.453. The molecule has 0 spiro atoms. The third-order valence-corrected chi connectivity index (χ3v) is 12.2. The van der Waals surface area contributed by atoms with Crippen LogP contribution in [0.25, 0.3) is 0 Å². The smallest absolute Gasteiger partial charge is 0.123 e. The number of hydrogen-bond donors (Lipinski definition) is 2. The lowest BCUT2D eigenvalue weighted by molar-refractivity contribution is -0.0408. The number of nitrogens with zero attached hydrogens (tertiary/aromatic N) is 4. The molecule has 2 aromatic rings. The second-order valence-corrected chi connectivity index (χ2v) is 16.0. The first-order valence-electron chi connectivity index (χ1n) is 18.9. The van der Waals surface area contributed by atoms with Crippen LogP contribution in [0.5, 0.6) is 0 Å². The fourth-order valence-corrected chi connectivity index (χ4v) is 8.74. The molecule has 2 aliphatic carbocycles. The van der Waals surface area contributed by atoms with Crippen molar-refractivity contribution < 1.29 is 14.6 Å². The molecular formula is C40H62ClFN4O2. The van der Waals surface area contributed by atoms with Crippen LogP contribution >= 0.6 is 11.6 Å². The summed E-state index contributed by atoms with van der Waals surface area (Å²) in [5.41, 5.74) is 0.860. The maximum absolute atomic E-state index is 13.2. The second-order valence-electron chi connectivity index (χ2n) is 15.6. The fraction of sp³-hybridized carbons (Fsp3) is 0.700. The first kappa shape index (κ1) is 37.7. The monoisotopic (exact) mass is 684 g/mol.